The molecule has 2 rings (SSSR count). The van der Waals surface area contributed by atoms with E-state index in [0.717, 1.165) is 9.37 Å². The van der Waals surface area contributed by atoms with Gasteiger partial charge in [0.1, 0.15) is 0 Å². The summed E-state index contributed by atoms with van der Waals surface area (Å²) in [5.41, 5.74) is -0.00914. The minimum atomic E-state index is -0.434. The number of nitrogens with zero attached hydrogens (tertiary/aromatic N) is 2. The molecule has 0 radical (unpaired) electrons. The molecule has 7 heteroatoms. The van der Waals surface area contributed by atoms with Crippen molar-refractivity contribution in [2.24, 2.45) is 0 Å². The largest absolute Gasteiger partial charge is 0.302 e. The highest BCUT2D eigenvalue weighted by Gasteiger charge is 2.17. The maximum Gasteiger partial charge on any atom is 0.302 e. The predicted octanol–water partition coefficient (Wildman–Crippen LogP) is 4.67. The van der Waals surface area contributed by atoms with Crippen LogP contribution in [0.2, 0.25) is 0 Å². The van der Waals surface area contributed by atoms with Gasteiger partial charge in [-0.2, -0.15) is 0 Å². The van der Waals surface area contributed by atoms with Crippen molar-refractivity contribution in [2.75, 3.05) is 0 Å². The highest BCUT2D eigenvalue weighted by atomic mass is 79.9. The lowest BCUT2D eigenvalue weighted by Crippen LogP contribution is -1.93. The molecule has 2 aromatic rings. The van der Waals surface area contributed by atoms with Gasteiger partial charge in [0, 0.05) is 26.1 Å². The van der Waals surface area contributed by atoms with Gasteiger partial charge in [0.15, 0.2) is 5.03 Å². The highest BCUT2D eigenvalue weighted by Crippen LogP contribution is 2.37. The van der Waals surface area contributed by atoms with Crippen LogP contribution in [0.4, 0.5) is 5.69 Å². The Kier molecular flexibility index (Phi) is 4.36. The van der Waals surface area contributed by atoms with Gasteiger partial charge in [0.25, 0.3) is 0 Å². The molecule has 0 fully saturated rings. The third-order valence-electron chi connectivity index (χ3n) is 2.04. The van der Waals surface area contributed by atoms with Crippen LogP contribution in [0.3, 0.4) is 0 Å². The predicted molar refractivity (Wildman–Crippen MR) is 76.9 cm³/mol. The summed E-state index contributed by atoms with van der Waals surface area (Å²) in [5, 5.41) is 11.3. The SMILES string of the molecule is O=[N+]([O-])c1cc(Br)cnc1Sc1ccccc1Br. The maximum atomic E-state index is 11.0. The molecule has 0 amide bonds. The standard InChI is InChI=1S/C11H6Br2N2O2S/c12-7-5-9(15(16)17)11(14-6-7)18-10-4-2-1-3-8(10)13/h1-6H. The Morgan fingerprint density at radius 3 is 2.67 bits per heavy atom. The van der Waals surface area contributed by atoms with E-state index in [1.807, 2.05) is 24.3 Å². The average Bonchev–Trinajstić information content (AvgIpc) is 2.34. The van der Waals surface area contributed by atoms with Crippen LogP contribution in [0, 0.1) is 10.1 Å². The molecule has 1 aromatic carbocycles. The fourth-order valence-corrected chi connectivity index (χ4v) is 2.97. The summed E-state index contributed by atoms with van der Waals surface area (Å²) < 4.78 is 1.47. The first kappa shape index (κ1) is 13.5. The highest BCUT2D eigenvalue weighted by molar-refractivity contribution is 9.10. The molecule has 0 aliphatic heterocycles. The van der Waals surface area contributed by atoms with E-state index in [2.05, 4.69) is 36.8 Å². The molecule has 0 saturated carbocycles. The van der Waals surface area contributed by atoms with Crippen LogP contribution in [-0.4, -0.2) is 9.91 Å². The summed E-state index contributed by atoms with van der Waals surface area (Å²) in [5.74, 6) is 0. The van der Waals surface area contributed by atoms with E-state index in [9.17, 15) is 10.1 Å². The van der Waals surface area contributed by atoms with Crippen molar-refractivity contribution >= 4 is 49.3 Å². The number of rotatable bonds is 3. The van der Waals surface area contributed by atoms with Crippen molar-refractivity contribution in [3.63, 3.8) is 0 Å². The maximum absolute atomic E-state index is 11.0. The molecule has 1 aromatic heterocycles. The molecule has 0 saturated heterocycles. The summed E-state index contributed by atoms with van der Waals surface area (Å²) in [7, 11) is 0. The summed E-state index contributed by atoms with van der Waals surface area (Å²) in [4.78, 5) is 15.5. The monoisotopic (exact) mass is 388 g/mol. The first-order chi connectivity index (χ1) is 8.58. The zero-order valence-electron chi connectivity index (χ0n) is 8.84. The molecule has 0 N–H and O–H groups in total. The molecule has 0 atom stereocenters. The van der Waals surface area contributed by atoms with E-state index in [1.165, 1.54) is 17.8 Å². The lowest BCUT2D eigenvalue weighted by Gasteiger charge is -2.04. The number of benzene rings is 1. The van der Waals surface area contributed by atoms with Crippen molar-refractivity contribution < 1.29 is 4.92 Å². The van der Waals surface area contributed by atoms with E-state index in [0.29, 0.717) is 9.50 Å². The van der Waals surface area contributed by atoms with Crippen molar-refractivity contribution in [1.29, 1.82) is 0 Å². The van der Waals surface area contributed by atoms with E-state index in [4.69, 9.17) is 0 Å². The molecule has 0 bridgehead atoms. The van der Waals surface area contributed by atoms with Crippen molar-refractivity contribution in [2.45, 2.75) is 9.92 Å². The minimum Gasteiger partial charge on any atom is -0.258 e. The first-order valence-electron chi connectivity index (χ1n) is 4.80. The van der Waals surface area contributed by atoms with Gasteiger partial charge in [-0.3, -0.25) is 10.1 Å². The summed E-state index contributed by atoms with van der Waals surface area (Å²) in [6.45, 7) is 0. The summed E-state index contributed by atoms with van der Waals surface area (Å²) in [6.07, 6.45) is 1.55. The molecule has 0 aliphatic rings. The van der Waals surface area contributed by atoms with Gasteiger partial charge in [0.2, 0.25) is 0 Å². The number of pyridine rings is 1. The van der Waals surface area contributed by atoms with Gasteiger partial charge < -0.3 is 0 Å². The fraction of sp³-hybridized carbons (Fsp3) is 0. The number of hydrogen-bond donors (Lipinski definition) is 0. The number of nitro groups is 1. The Hall–Kier alpha value is -0.920. The Labute approximate surface area is 124 Å². The van der Waals surface area contributed by atoms with E-state index in [1.54, 1.807) is 6.20 Å². The molecule has 92 valence electrons. The second-order valence-electron chi connectivity index (χ2n) is 3.27. The quantitative estimate of drug-likeness (QED) is 0.565. The Balaban J connectivity index is 2.41. The lowest BCUT2D eigenvalue weighted by atomic mass is 10.4. The smallest absolute Gasteiger partial charge is 0.258 e. The number of hydrogen-bond acceptors (Lipinski definition) is 4. The Bertz CT molecular complexity index is 607. The van der Waals surface area contributed by atoms with Crippen LogP contribution in [0.25, 0.3) is 0 Å². The normalized spacial score (nSPS) is 10.3. The Morgan fingerprint density at radius 1 is 1.28 bits per heavy atom. The van der Waals surface area contributed by atoms with Gasteiger partial charge >= 0.3 is 5.69 Å². The van der Waals surface area contributed by atoms with Crippen molar-refractivity contribution in [3.8, 4) is 0 Å². The third-order valence-corrected chi connectivity index (χ3v) is 4.51. The van der Waals surface area contributed by atoms with Gasteiger partial charge in [-0.25, -0.2) is 4.98 Å². The molecular weight excluding hydrogens is 384 g/mol. The van der Waals surface area contributed by atoms with Crippen LogP contribution < -0.4 is 0 Å². The summed E-state index contributed by atoms with van der Waals surface area (Å²) >= 11 is 7.84. The molecule has 4 nitrogen and oxygen atoms in total. The molecular formula is C11H6Br2N2O2S. The number of halogens is 2. The van der Waals surface area contributed by atoms with E-state index in [-0.39, 0.29) is 5.69 Å². The van der Waals surface area contributed by atoms with E-state index < -0.39 is 4.92 Å². The topological polar surface area (TPSA) is 56.0 Å². The molecule has 0 aliphatic carbocycles. The third kappa shape index (κ3) is 3.09. The van der Waals surface area contributed by atoms with Gasteiger partial charge in [-0.15, -0.1) is 0 Å². The van der Waals surface area contributed by atoms with Crippen LogP contribution >= 0.6 is 43.6 Å². The van der Waals surface area contributed by atoms with E-state index >= 15 is 0 Å². The average molecular weight is 390 g/mol. The van der Waals surface area contributed by atoms with Crippen LogP contribution in [0.15, 0.2) is 55.4 Å². The second-order valence-corrected chi connectivity index (χ2v) is 6.07. The van der Waals surface area contributed by atoms with Gasteiger partial charge in [-0.1, -0.05) is 23.9 Å². The molecule has 18 heavy (non-hydrogen) atoms. The first-order valence-corrected chi connectivity index (χ1v) is 7.20. The molecule has 1 heterocycles. The lowest BCUT2D eigenvalue weighted by molar-refractivity contribution is -0.388. The summed E-state index contributed by atoms with van der Waals surface area (Å²) in [6, 6.07) is 8.97. The van der Waals surface area contributed by atoms with Crippen molar-refractivity contribution in [3.05, 3.63) is 55.6 Å². The zero-order chi connectivity index (χ0) is 13.1. The van der Waals surface area contributed by atoms with Crippen molar-refractivity contribution in [1.82, 2.24) is 4.98 Å². The van der Waals surface area contributed by atoms with Crippen LogP contribution in [0.5, 0.6) is 0 Å². The fourth-order valence-electron chi connectivity index (χ4n) is 1.26. The molecule has 0 unspecified atom stereocenters. The van der Waals surface area contributed by atoms with Crippen LogP contribution in [-0.2, 0) is 0 Å². The van der Waals surface area contributed by atoms with Gasteiger partial charge in [-0.05, 0) is 44.0 Å². The molecule has 0 spiro atoms. The van der Waals surface area contributed by atoms with Gasteiger partial charge in [0.05, 0.1) is 4.92 Å². The van der Waals surface area contributed by atoms with Crippen LogP contribution in [0.1, 0.15) is 0 Å². The zero-order valence-corrected chi connectivity index (χ0v) is 12.8. The second kappa shape index (κ2) is 5.81. The number of aromatic nitrogens is 1. The Morgan fingerprint density at radius 2 is 2.00 bits per heavy atom. The minimum absolute atomic E-state index is 0.00914.